The van der Waals surface area contributed by atoms with E-state index in [0.717, 1.165) is 31.4 Å². The molecule has 2 fully saturated rings. The van der Waals surface area contributed by atoms with Crippen LogP contribution >= 0.6 is 35.0 Å². The van der Waals surface area contributed by atoms with Crippen molar-refractivity contribution in [2.45, 2.75) is 45.1 Å². The Balaban J connectivity index is 1.74. The number of pyridine rings is 1. The fraction of sp³-hybridized carbons (Fsp3) is 0.318. The molecule has 7 heteroatoms. The number of carbonyl (C=O) groups excluding carboxylic acids is 1. The highest BCUT2D eigenvalue weighted by atomic mass is 35.5. The van der Waals surface area contributed by atoms with Crippen molar-refractivity contribution >= 4 is 57.9 Å². The molecule has 4 nitrogen and oxygen atoms in total. The molecule has 0 N–H and O–H groups in total. The van der Waals surface area contributed by atoms with Crippen LogP contribution < -0.4 is 0 Å². The molecule has 2 heterocycles. The SMILES string of the molecule is Cc1cccc(/N=C2/S/C(=C\c3c(Cl)cccc3Cl)C(=O)N2C2CCCCC2)n1. The van der Waals surface area contributed by atoms with Gasteiger partial charge in [-0.3, -0.25) is 9.69 Å². The van der Waals surface area contributed by atoms with Crippen molar-refractivity contribution in [3.8, 4) is 0 Å². The fourth-order valence-electron chi connectivity index (χ4n) is 3.69. The van der Waals surface area contributed by atoms with Gasteiger partial charge in [-0.25, -0.2) is 9.98 Å². The number of amides is 1. The molecular formula is C22H21Cl2N3OS. The van der Waals surface area contributed by atoms with Gasteiger partial charge < -0.3 is 0 Å². The maximum absolute atomic E-state index is 13.3. The lowest BCUT2D eigenvalue weighted by Gasteiger charge is -2.30. The summed E-state index contributed by atoms with van der Waals surface area (Å²) >= 11 is 14.0. The van der Waals surface area contributed by atoms with Crippen LogP contribution in [-0.2, 0) is 4.79 Å². The van der Waals surface area contributed by atoms with E-state index >= 15 is 0 Å². The van der Waals surface area contributed by atoms with E-state index in [0.29, 0.717) is 31.5 Å². The van der Waals surface area contributed by atoms with E-state index in [1.807, 2.05) is 30.0 Å². The molecule has 29 heavy (non-hydrogen) atoms. The number of nitrogens with zero attached hydrogens (tertiary/aromatic N) is 3. The lowest BCUT2D eigenvalue weighted by atomic mass is 9.94. The molecule has 0 spiro atoms. The second kappa shape index (κ2) is 8.90. The molecule has 0 unspecified atom stereocenters. The Morgan fingerprint density at radius 3 is 2.48 bits per heavy atom. The summed E-state index contributed by atoms with van der Waals surface area (Å²) in [6, 6.07) is 11.2. The van der Waals surface area contributed by atoms with E-state index < -0.39 is 0 Å². The van der Waals surface area contributed by atoms with Gasteiger partial charge >= 0.3 is 0 Å². The topological polar surface area (TPSA) is 45.6 Å². The van der Waals surface area contributed by atoms with Crippen LogP contribution in [0.25, 0.3) is 6.08 Å². The monoisotopic (exact) mass is 445 g/mol. The van der Waals surface area contributed by atoms with Crippen LogP contribution in [0.4, 0.5) is 5.82 Å². The minimum absolute atomic E-state index is 0.0377. The van der Waals surface area contributed by atoms with Crippen molar-refractivity contribution in [1.29, 1.82) is 0 Å². The number of thioether (sulfide) groups is 1. The number of halogens is 2. The molecule has 4 rings (SSSR count). The zero-order chi connectivity index (χ0) is 20.4. The summed E-state index contributed by atoms with van der Waals surface area (Å²) in [7, 11) is 0. The van der Waals surface area contributed by atoms with Gasteiger partial charge in [0.2, 0.25) is 0 Å². The number of aliphatic imine (C=N–C) groups is 1. The van der Waals surface area contributed by atoms with Gasteiger partial charge in [-0.2, -0.15) is 0 Å². The van der Waals surface area contributed by atoms with Gasteiger partial charge in [-0.15, -0.1) is 0 Å². The third-order valence-corrected chi connectivity index (χ3v) is 6.78. The van der Waals surface area contributed by atoms with E-state index in [2.05, 4.69) is 4.98 Å². The number of carbonyl (C=O) groups is 1. The van der Waals surface area contributed by atoms with Crippen molar-refractivity contribution in [3.63, 3.8) is 0 Å². The Hall–Kier alpha value is -1.82. The minimum Gasteiger partial charge on any atom is -0.283 e. The van der Waals surface area contributed by atoms with Crippen molar-refractivity contribution in [2.75, 3.05) is 0 Å². The first kappa shape index (κ1) is 20.5. The van der Waals surface area contributed by atoms with Gasteiger partial charge in [0, 0.05) is 27.3 Å². The Labute approximate surface area is 185 Å². The van der Waals surface area contributed by atoms with Crippen LogP contribution in [0, 0.1) is 6.92 Å². The van der Waals surface area contributed by atoms with Gasteiger partial charge in [-0.05, 0) is 61.9 Å². The number of hydrogen-bond donors (Lipinski definition) is 0. The van der Waals surface area contributed by atoms with Crippen LogP contribution in [0.15, 0.2) is 46.3 Å². The highest BCUT2D eigenvalue weighted by Crippen LogP contribution is 2.39. The lowest BCUT2D eigenvalue weighted by Crippen LogP contribution is -2.40. The van der Waals surface area contributed by atoms with Gasteiger partial charge in [0.25, 0.3) is 5.91 Å². The molecule has 1 aliphatic heterocycles. The average molecular weight is 446 g/mol. The molecule has 1 saturated heterocycles. The van der Waals surface area contributed by atoms with Crippen molar-refractivity contribution < 1.29 is 4.79 Å². The molecule has 1 saturated carbocycles. The predicted molar refractivity (Wildman–Crippen MR) is 122 cm³/mol. The number of hydrogen-bond acceptors (Lipinski definition) is 4. The van der Waals surface area contributed by atoms with Gasteiger partial charge in [0.15, 0.2) is 11.0 Å². The standard InChI is InChI=1S/C22H21Cl2N3OS/c1-14-7-5-12-20(25-14)26-22-27(15-8-3-2-4-9-15)21(28)19(29-22)13-16-17(23)10-6-11-18(16)24/h5-7,10-13,15H,2-4,8-9H2,1H3/b19-13-,26-22+. The fourth-order valence-corrected chi connectivity index (χ4v) is 5.23. The minimum atomic E-state index is -0.0377. The maximum atomic E-state index is 13.3. The summed E-state index contributed by atoms with van der Waals surface area (Å²) in [6.45, 7) is 1.93. The summed E-state index contributed by atoms with van der Waals surface area (Å²) in [5.74, 6) is 0.572. The van der Waals surface area contributed by atoms with E-state index in [-0.39, 0.29) is 11.9 Å². The molecule has 0 atom stereocenters. The zero-order valence-electron chi connectivity index (χ0n) is 16.1. The smallest absolute Gasteiger partial charge is 0.267 e. The van der Waals surface area contributed by atoms with Crippen molar-refractivity contribution in [2.24, 2.45) is 4.99 Å². The molecule has 1 amide bonds. The largest absolute Gasteiger partial charge is 0.283 e. The quantitative estimate of drug-likeness (QED) is 0.497. The third-order valence-electron chi connectivity index (χ3n) is 5.14. The molecule has 1 aromatic heterocycles. The molecule has 150 valence electrons. The Morgan fingerprint density at radius 2 is 1.79 bits per heavy atom. The maximum Gasteiger partial charge on any atom is 0.267 e. The van der Waals surface area contributed by atoms with Gasteiger partial charge in [0.05, 0.1) is 4.91 Å². The first-order valence-electron chi connectivity index (χ1n) is 9.72. The molecule has 0 radical (unpaired) electrons. The number of aryl methyl sites for hydroxylation is 1. The van der Waals surface area contributed by atoms with Crippen molar-refractivity contribution in [1.82, 2.24) is 9.88 Å². The van der Waals surface area contributed by atoms with Gasteiger partial charge in [-0.1, -0.05) is 54.6 Å². The average Bonchev–Trinajstić information content (AvgIpc) is 3.00. The second-order valence-corrected chi connectivity index (χ2v) is 9.07. The van der Waals surface area contributed by atoms with E-state index in [1.54, 1.807) is 24.3 Å². The molecule has 1 aromatic carbocycles. The molecule has 2 aliphatic rings. The van der Waals surface area contributed by atoms with Crippen LogP contribution in [0.1, 0.15) is 43.4 Å². The number of amidine groups is 1. The first-order valence-corrected chi connectivity index (χ1v) is 11.3. The Morgan fingerprint density at radius 1 is 1.10 bits per heavy atom. The third kappa shape index (κ3) is 4.52. The summed E-state index contributed by atoms with van der Waals surface area (Å²) < 4.78 is 0. The first-order chi connectivity index (χ1) is 14.0. The van der Waals surface area contributed by atoms with E-state index in [9.17, 15) is 4.79 Å². The van der Waals surface area contributed by atoms with Crippen LogP contribution in [-0.4, -0.2) is 27.0 Å². The van der Waals surface area contributed by atoms with Crippen LogP contribution in [0.2, 0.25) is 10.0 Å². The molecular weight excluding hydrogens is 425 g/mol. The molecule has 2 aromatic rings. The van der Waals surface area contributed by atoms with Crippen LogP contribution in [0.3, 0.4) is 0 Å². The highest BCUT2D eigenvalue weighted by Gasteiger charge is 2.39. The normalized spacial score (nSPS) is 20.8. The van der Waals surface area contributed by atoms with Crippen molar-refractivity contribution in [3.05, 3.63) is 62.6 Å². The summed E-state index contributed by atoms with van der Waals surface area (Å²) in [5, 5.41) is 1.72. The summed E-state index contributed by atoms with van der Waals surface area (Å²) in [6.07, 6.45) is 7.24. The summed E-state index contributed by atoms with van der Waals surface area (Å²) in [5.41, 5.74) is 1.55. The lowest BCUT2D eigenvalue weighted by molar-refractivity contribution is -0.124. The Bertz CT molecular complexity index is 979. The number of rotatable bonds is 3. The molecule has 1 aliphatic carbocycles. The summed E-state index contributed by atoms with van der Waals surface area (Å²) in [4.78, 5) is 25.0. The Kier molecular flexibility index (Phi) is 6.28. The molecule has 0 bridgehead atoms. The van der Waals surface area contributed by atoms with E-state index in [4.69, 9.17) is 28.2 Å². The highest BCUT2D eigenvalue weighted by molar-refractivity contribution is 8.18. The van der Waals surface area contributed by atoms with E-state index in [1.165, 1.54) is 18.2 Å². The number of aromatic nitrogens is 1. The predicted octanol–water partition coefficient (Wildman–Crippen LogP) is 6.63. The second-order valence-electron chi connectivity index (χ2n) is 7.24. The van der Waals surface area contributed by atoms with Gasteiger partial charge in [0.1, 0.15) is 0 Å². The zero-order valence-corrected chi connectivity index (χ0v) is 18.4. The number of benzene rings is 1. The van der Waals surface area contributed by atoms with Crippen LogP contribution in [0.5, 0.6) is 0 Å².